The predicted molar refractivity (Wildman–Crippen MR) is 77.8 cm³/mol. The van der Waals surface area contributed by atoms with Gasteiger partial charge in [-0.2, -0.15) is 0 Å². The number of ether oxygens (including phenoxy) is 1. The maximum absolute atomic E-state index is 11.4. The van der Waals surface area contributed by atoms with Crippen LogP contribution in [-0.2, 0) is 9.53 Å². The number of hydrogen-bond donors (Lipinski definition) is 5. The van der Waals surface area contributed by atoms with E-state index >= 15 is 0 Å². The number of anilines is 3. The first-order chi connectivity index (χ1) is 10.9. The average molecular weight is 326 g/mol. The van der Waals surface area contributed by atoms with Gasteiger partial charge >= 0.3 is 0 Å². The number of aliphatic hydroxyl groups is 3. The Bertz CT molecular complexity index is 616. The van der Waals surface area contributed by atoms with Crippen LogP contribution >= 0.6 is 0 Å². The first kappa shape index (κ1) is 15.7. The van der Waals surface area contributed by atoms with Gasteiger partial charge in [0.15, 0.2) is 17.9 Å². The van der Waals surface area contributed by atoms with Crippen molar-refractivity contribution >= 4 is 23.2 Å². The molecule has 0 aliphatic carbocycles. The number of nitrogen functional groups attached to an aromatic ring is 1. The van der Waals surface area contributed by atoms with Crippen LogP contribution in [0.25, 0.3) is 0 Å². The lowest BCUT2D eigenvalue weighted by molar-refractivity contribution is -0.119. The van der Waals surface area contributed by atoms with E-state index in [0.717, 1.165) is 0 Å². The third kappa shape index (κ3) is 2.53. The number of hydrogen-bond acceptors (Lipinski definition) is 10. The van der Waals surface area contributed by atoms with Gasteiger partial charge in [-0.1, -0.05) is 0 Å². The first-order valence-corrected chi connectivity index (χ1v) is 6.98. The molecule has 2 aliphatic rings. The summed E-state index contributed by atoms with van der Waals surface area (Å²) in [5.74, 6) is 0.182. The molecule has 2 unspecified atom stereocenters. The highest BCUT2D eigenvalue weighted by atomic mass is 16.6. The summed E-state index contributed by atoms with van der Waals surface area (Å²) >= 11 is 0. The van der Waals surface area contributed by atoms with Crippen LogP contribution in [0.2, 0.25) is 0 Å². The van der Waals surface area contributed by atoms with Gasteiger partial charge in [-0.05, 0) is 0 Å². The normalized spacial score (nSPS) is 29.7. The minimum Gasteiger partial charge on any atom is -0.394 e. The number of nitrogens with two attached hydrogens (primary N) is 1. The molecule has 1 amide bonds. The summed E-state index contributed by atoms with van der Waals surface area (Å²) in [6, 6.07) is 0. The van der Waals surface area contributed by atoms with Crippen molar-refractivity contribution in [2.24, 2.45) is 0 Å². The summed E-state index contributed by atoms with van der Waals surface area (Å²) in [6.07, 6.45) is -3.10. The fraction of sp³-hybridized carbons (Fsp3) is 0.583. The van der Waals surface area contributed by atoms with Gasteiger partial charge in [0.25, 0.3) is 0 Å². The van der Waals surface area contributed by atoms with Gasteiger partial charge in [-0.3, -0.25) is 15.2 Å². The Morgan fingerprint density at radius 3 is 2.83 bits per heavy atom. The number of carbonyl (C=O) groups excluding carboxylic acids is 1. The van der Waals surface area contributed by atoms with Gasteiger partial charge < -0.3 is 30.7 Å². The Kier molecular flexibility index (Phi) is 3.93. The van der Waals surface area contributed by atoms with E-state index in [-0.39, 0.29) is 18.4 Å². The van der Waals surface area contributed by atoms with Crippen molar-refractivity contribution in [2.45, 2.75) is 31.5 Å². The quantitative estimate of drug-likeness (QED) is 0.391. The fourth-order valence-corrected chi connectivity index (χ4v) is 2.76. The Hall–Kier alpha value is -2.21. The summed E-state index contributed by atoms with van der Waals surface area (Å²) in [5.41, 5.74) is 8.81. The standard InChI is InChI=1S/C12H18N6O5/c1-5(20)16-18-4-17(11-7(18)10(13)14-3-15-11)12-9(22)8(21)6(2-19)23-12/h3,6,8-9,12,19,21-22H,2,4H2,1H3,(H,16,20)(H2,13,14,15)/t6-,8?,9?,12-/m1/s1. The largest absolute Gasteiger partial charge is 0.394 e. The molecule has 1 saturated heterocycles. The summed E-state index contributed by atoms with van der Waals surface area (Å²) < 4.78 is 5.50. The monoisotopic (exact) mass is 326 g/mol. The van der Waals surface area contributed by atoms with Gasteiger partial charge in [-0.15, -0.1) is 0 Å². The zero-order chi connectivity index (χ0) is 16.7. The number of aliphatic hydroxyl groups excluding tert-OH is 3. The third-order valence-corrected chi connectivity index (χ3v) is 3.78. The average Bonchev–Trinajstić information content (AvgIpc) is 2.99. The van der Waals surface area contributed by atoms with Crippen molar-refractivity contribution in [2.75, 3.05) is 28.9 Å². The highest BCUT2D eigenvalue weighted by Gasteiger charge is 2.48. The highest BCUT2D eigenvalue weighted by molar-refractivity contribution is 5.85. The molecule has 11 nitrogen and oxygen atoms in total. The number of fused-ring (bicyclic) bond motifs is 1. The van der Waals surface area contributed by atoms with E-state index in [1.54, 1.807) is 0 Å². The molecule has 0 saturated carbocycles. The number of nitrogens with zero attached hydrogens (tertiary/aromatic N) is 4. The molecule has 1 aromatic heterocycles. The topological polar surface area (TPSA) is 157 Å². The van der Waals surface area contributed by atoms with E-state index in [0.29, 0.717) is 11.5 Å². The smallest absolute Gasteiger partial charge is 0.235 e. The van der Waals surface area contributed by atoms with Crippen LogP contribution in [0.5, 0.6) is 0 Å². The maximum Gasteiger partial charge on any atom is 0.235 e. The molecule has 0 bridgehead atoms. The minimum atomic E-state index is -1.26. The number of rotatable bonds is 3. The van der Waals surface area contributed by atoms with Gasteiger partial charge in [0.05, 0.1) is 6.61 Å². The minimum absolute atomic E-state index is 0.0877. The predicted octanol–water partition coefficient (Wildman–Crippen LogP) is -2.87. The van der Waals surface area contributed by atoms with Gasteiger partial charge in [-0.25, -0.2) is 9.97 Å². The van der Waals surface area contributed by atoms with E-state index in [2.05, 4.69) is 15.4 Å². The molecule has 2 aliphatic heterocycles. The van der Waals surface area contributed by atoms with Crippen molar-refractivity contribution in [3.63, 3.8) is 0 Å². The van der Waals surface area contributed by atoms with Crippen LogP contribution in [0.4, 0.5) is 17.3 Å². The molecule has 3 rings (SSSR count). The van der Waals surface area contributed by atoms with Gasteiger partial charge in [0, 0.05) is 6.92 Å². The van der Waals surface area contributed by atoms with E-state index in [9.17, 15) is 20.1 Å². The second kappa shape index (κ2) is 5.77. The van der Waals surface area contributed by atoms with Crippen molar-refractivity contribution < 1.29 is 24.9 Å². The summed E-state index contributed by atoms with van der Waals surface area (Å²) in [5, 5.41) is 30.7. The summed E-state index contributed by atoms with van der Waals surface area (Å²) in [6.45, 7) is 0.996. The van der Waals surface area contributed by atoms with Crippen molar-refractivity contribution in [1.82, 2.24) is 15.4 Å². The van der Waals surface area contributed by atoms with Gasteiger partial charge in [0.1, 0.15) is 37.0 Å². The molecule has 4 atom stereocenters. The number of hydrazine groups is 1. The lowest BCUT2D eigenvalue weighted by Gasteiger charge is -2.28. The van der Waals surface area contributed by atoms with E-state index in [1.165, 1.54) is 23.2 Å². The Morgan fingerprint density at radius 1 is 1.48 bits per heavy atom. The Balaban J connectivity index is 1.93. The summed E-state index contributed by atoms with van der Waals surface area (Å²) in [7, 11) is 0. The molecule has 11 heteroatoms. The second-order valence-electron chi connectivity index (χ2n) is 5.37. The van der Waals surface area contributed by atoms with E-state index in [4.69, 9.17) is 10.5 Å². The number of nitrogens with one attached hydrogen (secondary N) is 1. The SMILES string of the molecule is CC(=O)NN1CN([C@@H]2O[C@H](CO)C(O)C2O)c2ncnc(N)c21. The lowest BCUT2D eigenvalue weighted by atomic mass is 10.1. The molecular weight excluding hydrogens is 308 g/mol. The Labute approximate surface area is 131 Å². The van der Waals surface area contributed by atoms with E-state index < -0.39 is 31.1 Å². The number of carbonyl (C=O) groups is 1. The first-order valence-electron chi connectivity index (χ1n) is 6.98. The molecule has 3 heterocycles. The molecule has 6 N–H and O–H groups in total. The fourth-order valence-electron chi connectivity index (χ4n) is 2.76. The molecular formula is C12H18N6O5. The lowest BCUT2D eigenvalue weighted by Crippen LogP contribution is -2.49. The molecule has 0 aromatic carbocycles. The second-order valence-corrected chi connectivity index (χ2v) is 5.37. The molecule has 0 radical (unpaired) electrons. The number of amides is 1. The van der Waals surface area contributed by atoms with Crippen LogP contribution in [0.15, 0.2) is 6.33 Å². The van der Waals surface area contributed by atoms with Crippen molar-refractivity contribution in [3.8, 4) is 0 Å². The zero-order valence-electron chi connectivity index (χ0n) is 12.3. The Morgan fingerprint density at radius 2 is 2.22 bits per heavy atom. The van der Waals surface area contributed by atoms with Crippen molar-refractivity contribution in [1.29, 1.82) is 0 Å². The van der Waals surface area contributed by atoms with Crippen LogP contribution in [0.1, 0.15) is 6.92 Å². The molecule has 126 valence electrons. The van der Waals surface area contributed by atoms with Gasteiger partial charge in [0.2, 0.25) is 5.91 Å². The van der Waals surface area contributed by atoms with Crippen molar-refractivity contribution in [3.05, 3.63) is 6.33 Å². The third-order valence-electron chi connectivity index (χ3n) is 3.78. The van der Waals surface area contributed by atoms with Crippen LogP contribution in [0.3, 0.4) is 0 Å². The number of aromatic nitrogens is 2. The van der Waals surface area contributed by atoms with Crippen LogP contribution in [-0.4, -0.2) is 69.0 Å². The molecule has 0 spiro atoms. The zero-order valence-corrected chi connectivity index (χ0v) is 12.3. The molecule has 23 heavy (non-hydrogen) atoms. The molecule has 1 aromatic rings. The summed E-state index contributed by atoms with van der Waals surface area (Å²) in [4.78, 5) is 20.9. The van der Waals surface area contributed by atoms with Crippen LogP contribution in [0, 0.1) is 0 Å². The van der Waals surface area contributed by atoms with Crippen LogP contribution < -0.4 is 21.1 Å². The maximum atomic E-state index is 11.4. The van der Waals surface area contributed by atoms with E-state index in [1.807, 2.05) is 0 Å². The molecule has 1 fully saturated rings. The highest BCUT2D eigenvalue weighted by Crippen LogP contribution is 2.40.